The summed E-state index contributed by atoms with van der Waals surface area (Å²) in [6, 6.07) is 1.65. The van der Waals surface area contributed by atoms with Crippen LogP contribution in [0.5, 0.6) is 11.8 Å². The minimum Gasteiger partial charge on any atom is -0.477 e. The summed E-state index contributed by atoms with van der Waals surface area (Å²) in [5, 5.41) is 1.41. The van der Waals surface area contributed by atoms with E-state index in [0.29, 0.717) is 38.2 Å². The molecule has 96 valence electrons. The second kappa shape index (κ2) is 5.47. The lowest BCUT2D eigenvalue weighted by Crippen LogP contribution is -1.99. The van der Waals surface area contributed by atoms with Crippen LogP contribution in [-0.4, -0.2) is 24.2 Å². The van der Waals surface area contributed by atoms with Crippen molar-refractivity contribution in [2.75, 3.05) is 14.2 Å². The molecule has 0 aliphatic heterocycles. The maximum absolute atomic E-state index is 6.14. The van der Waals surface area contributed by atoms with Gasteiger partial charge in [-0.05, 0) is 6.07 Å². The molecule has 0 saturated heterocycles. The average Bonchev–Trinajstić information content (AvgIpc) is 2.39. The first-order chi connectivity index (χ1) is 8.62. The molecule has 1 heterocycles. The quantitative estimate of drug-likeness (QED) is 0.788. The van der Waals surface area contributed by atoms with Crippen molar-refractivity contribution < 1.29 is 9.47 Å². The van der Waals surface area contributed by atoms with Crippen molar-refractivity contribution in [3.8, 4) is 11.8 Å². The fourth-order valence-electron chi connectivity index (χ4n) is 1.56. The Labute approximate surface area is 122 Å². The largest absolute Gasteiger partial charge is 0.477 e. The van der Waals surface area contributed by atoms with Crippen molar-refractivity contribution >= 4 is 50.2 Å². The molecule has 0 amide bonds. The van der Waals surface area contributed by atoms with E-state index in [4.69, 9.17) is 32.7 Å². The molecular formula is C11H9BrCl2N2O2. The first-order valence-electron chi connectivity index (χ1n) is 4.95. The highest BCUT2D eigenvalue weighted by atomic mass is 79.9. The fourth-order valence-corrected chi connectivity index (χ4v) is 2.69. The second-order valence-electron chi connectivity index (χ2n) is 3.39. The third-order valence-electron chi connectivity index (χ3n) is 2.41. The molecule has 0 N–H and O–H groups in total. The lowest BCUT2D eigenvalue weighted by molar-refractivity contribution is 0.334. The van der Waals surface area contributed by atoms with Crippen molar-refractivity contribution in [1.29, 1.82) is 0 Å². The fraction of sp³-hybridized carbons (Fsp3) is 0.273. The Balaban J connectivity index is 2.84. The normalized spacial score (nSPS) is 10.7. The van der Waals surface area contributed by atoms with Gasteiger partial charge in [-0.25, -0.2) is 9.97 Å². The van der Waals surface area contributed by atoms with Crippen LogP contribution in [0.2, 0.25) is 10.0 Å². The molecule has 2 aromatic rings. The number of alkyl halides is 1. The van der Waals surface area contributed by atoms with Crippen molar-refractivity contribution in [2.45, 2.75) is 5.33 Å². The number of hydrogen-bond acceptors (Lipinski definition) is 4. The average molecular weight is 352 g/mol. The number of benzene rings is 1. The Morgan fingerprint density at radius 1 is 1.17 bits per heavy atom. The first-order valence-corrected chi connectivity index (χ1v) is 6.82. The summed E-state index contributed by atoms with van der Waals surface area (Å²) in [5.74, 6) is 0.620. The van der Waals surface area contributed by atoms with Crippen LogP contribution in [0.3, 0.4) is 0 Å². The van der Waals surface area contributed by atoms with E-state index in [1.807, 2.05) is 0 Å². The van der Waals surface area contributed by atoms with Gasteiger partial charge in [0.25, 0.3) is 11.8 Å². The monoisotopic (exact) mass is 350 g/mol. The van der Waals surface area contributed by atoms with Gasteiger partial charge in [0.1, 0.15) is 0 Å². The zero-order chi connectivity index (χ0) is 13.3. The minimum atomic E-state index is 0.309. The number of hydrogen-bond donors (Lipinski definition) is 0. The summed E-state index contributed by atoms with van der Waals surface area (Å²) >= 11 is 15.6. The van der Waals surface area contributed by atoms with Crippen molar-refractivity contribution in [2.24, 2.45) is 0 Å². The molecule has 0 bridgehead atoms. The standard InChI is InChI=1S/C11H9BrCl2N2O2/c1-17-10-11(18-2)16-9-5(4-12)8(14)6(13)3-7(9)15-10/h3H,4H2,1-2H3. The molecule has 1 aromatic carbocycles. The summed E-state index contributed by atoms with van der Waals surface area (Å²) in [6.45, 7) is 0. The van der Waals surface area contributed by atoms with Gasteiger partial charge < -0.3 is 9.47 Å². The molecule has 0 saturated carbocycles. The maximum Gasteiger partial charge on any atom is 0.278 e. The van der Waals surface area contributed by atoms with Crippen LogP contribution >= 0.6 is 39.1 Å². The predicted octanol–water partition coefficient (Wildman–Crippen LogP) is 3.85. The molecule has 0 fully saturated rings. The Bertz CT molecular complexity index is 607. The number of fused-ring (bicyclic) bond motifs is 1. The summed E-state index contributed by atoms with van der Waals surface area (Å²) in [5.41, 5.74) is 2.02. The number of methoxy groups -OCH3 is 2. The predicted molar refractivity (Wildman–Crippen MR) is 75.3 cm³/mol. The third-order valence-corrected chi connectivity index (χ3v) is 3.79. The SMILES string of the molecule is COc1nc2cc(Cl)c(Cl)c(CBr)c2nc1OC. The zero-order valence-electron chi connectivity index (χ0n) is 9.63. The molecule has 2 rings (SSSR count). The van der Waals surface area contributed by atoms with Gasteiger partial charge in [-0.15, -0.1) is 0 Å². The smallest absolute Gasteiger partial charge is 0.278 e. The molecule has 0 spiro atoms. The van der Waals surface area contributed by atoms with Gasteiger partial charge in [0.15, 0.2) is 0 Å². The van der Waals surface area contributed by atoms with Gasteiger partial charge in [-0.1, -0.05) is 39.1 Å². The van der Waals surface area contributed by atoms with E-state index >= 15 is 0 Å². The molecule has 0 aliphatic rings. The summed E-state index contributed by atoms with van der Waals surface area (Å²) in [7, 11) is 3.00. The van der Waals surface area contributed by atoms with E-state index in [1.54, 1.807) is 6.07 Å². The van der Waals surface area contributed by atoms with Crippen LogP contribution in [0.15, 0.2) is 6.07 Å². The van der Waals surface area contributed by atoms with E-state index < -0.39 is 0 Å². The molecule has 0 aliphatic carbocycles. The number of aromatic nitrogens is 2. The summed E-state index contributed by atoms with van der Waals surface area (Å²) < 4.78 is 10.2. The molecule has 4 nitrogen and oxygen atoms in total. The Morgan fingerprint density at radius 3 is 2.33 bits per heavy atom. The molecule has 0 unspecified atom stereocenters. The van der Waals surface area contributed by atoms with Crippen LogP contribution in [-0.2, 0) is 5.33 Å². The van der Waals surface area contributed by atoms with Crippen molar-refractivity contribution in [3.05, 3.63) is 21.7 Å². The van der Waals surface area contributed by atoms with Gasteiger partial charge in [-0.3, -0.25) is 0 Å². The maximum atomic E-state index is 6.14. The lowest BCUT2D eigenvalue weighted by Gasteiger charge is -2.10. The summed E-state index contributed by atoms with van der Waals surface area (Å²) in [4.78, 5) is 8.66. The number of rotatable bonds is 3. The number of nitrogens with zero attached hydrogens (tertiary/aromatic N) is 2. The van der Waals surface area contributed by atoms with Gasteiger partial charge in [-0.2, -0.15) is 0 Å². The lowest BCUT2D eigenvalue weighted by atomic mass is 10.2. The third kappa shape index (κ3) is 2.22. The number of ether oxygens (including phenoxy) is 2. The first kappa shape index (κ1) is 13.6. The Hall–Kier alpha value is -0.780. The molecule has 0 atom stereocenters. The van der Waals surface area contributed by atoms with Crippen LogP contribution in [0.4, 0.5) is 0 Å². The van der Waals surface area contributed by atoms with E-state index in [1.165, 1.54) is 14.2 Å². The highest BCUT2D eigenvalue weighted by Gasteiger charge is 2.16. The van der Waals surface area contributed by atoms with E-state index in [2.05, 4.69) is 25.9 Å². The van der Waals surface area contributed by atoms with E-state index in [-0.39, 0.29) is 0 Å². The summed E-state index contributed by atoms with van der Waals surface area (Å²) in [6.07, 6.45) is 0. The molecule has 0 radical (unpaired) electrons. The minimum absolute atomic E-state index is 0.309. The van der Waals surface area contributed by atoms with Crippen molar-refractivity contribution in [1.82, 2.24) is 9.97 Å². The van der Waals surface area contributed by atoms with Crippen LogP contribution < -0.4 is 9.47 Å². The van der Waals surface area contributed by atoms with Crippen molar-refractivity contribution in [3.63, 3.8) is 0 Å². The Kier molecular flexibility index (Phi) is 4.14. The van der Waals surface area contributed by atoms with Gasteiger partial charge >= 0.3 is 0 Å². The van der Waals surface area contributed by atoms with Gasteiger partial charge in [0, 0.05) is 10.9 Å². The van der Waals surface area contributed by atoms with Gasteiger partial charge in [0.05, 0.1) is 35.3 Å². The Morgan fingerprint density at radius 2 is 1.78 bits per heavy atom. The van der Waals surface area contributed by atoms with Crippen LogP contribution in [0.1, 0.15) is 5.56 Å². The molecular weight excluding hydrogens is 343 g/mol. The highest BCUT2D eigenvalue weighted by molar-refractivity contribution is 9.08. The van der Waals surface area contributed by atoms with Crippen LogP contribution in [0, 0.1) is 0 Å². The zero-order valence-corrected chi connectivity index (χ0v) is 12.7. The highest BCUT2D eigenvalue weighted by Crippen LogP contribution is 2.35. The number of halogens is 3. The van der Waals surface area contributed by atoms with E-state index in [0.717, 1.165) is 5.56 Å². The molecule has 1 aromatic heterocycles. The molecule has 18 heavy (non-hydrogen) atoms. The van der Waals surface area contributed by atoms with Crippen LogP contribution in [0.25, 0.3) is 11.0 Å². The van der Waals surface area contributed by atoms with Gasteiger partial charge in [0.2, 0.25) is 0 Å². The topological polar surface area (TPSA) is 44.2 Å². The second-order valence-corrected chi connectivity index (χ2v) is 4.74. The molecule has 7 heteroatoms. The van der Waals surface area contributed by atoms with E-state index in [9.17, 15) is 0 Å².